The van der Waals surface area contributed by atoms with Gasteiger partial charge in [-0.15, -0.1) is 0 Å². The van der Waals surface area contributed by atoms with E-state index in [-0.39, 0.29) is 22.6 Å². The van der Waals surface area contributed by atoms with E-state index in [1.165, 1.54) is 12.1 Å². The Bertz CT molecular complexity index is 865. The first-order valence-electron chi connectivity index (χ1n) is 8.87. The predicted octanol–water partition coefficient (Wildman–Crippen LogP) is 1.89. The average Bonchev–Trinajstić information content (AvgIpc) is 2.69. The van der Waals surface area contributed by atoms with Gasteiger partial charge < -0.3 is 10.2 Å². The quantitative estimate of drug-likeness (QED) is 0.761. The van der Waals surface area contributed by atoms with Crippen molar-refractivity contribution < 1.29 is 17.6 Å². The lowest BCUT2D eigenvalue weighted by Crippen LogP contribution is -2.45. The summed E-state index contributed by atoms with van der Waals surface area (Å²) in [5, 5.41) is 3.25. The van der Waals surface area contributed by atoms with Crippen LogP contribution >= 0.6 is 0 Å². The third kappa shape index (κ3) is 5.11. The second-order valence-electron chi connectivity index (χ2n) is 6.54. The first-order chi connectivity index (χ1) is 13.0. The van der Waals surface area contributed by atoms with Crippen molar-refractivity contribution in [2.24, 2.45) is 0 Å². The summed E-state index contributed by atoms with van der Waals surface area (Å²) in [4.78, 5) is 18.3. The monoisotopic (exact) mass is 391 g/mol. The van der Waals surface area contributed by atoms with Gasteiger partial charge in [-0.05, 0) is 49.2 Å². The van der Waals surface area contributed by atoms with Crippen molar-refractivity contribution in [3.05, 3.63) is 60.2 Å². The molecule has 27 heavy (non-hydrogen) atoms. The molecule has 1 fully saturated rings. The molecule has 2 aromatic rings. The van der Waals surface area contributed by atoms with E-state index in [9.17, 15) is 17.6 Å². The van der Waals surface area contributed by atoms with Crippen molar-refractivity contribution in [2.45, 2.75) is 23.8 Å². The number of nitrogens with one attached hydrogen (secondary N) is 1. The number of halogens is 1. The molecule has 1 amide bonds. The number of aromatic nitrogens is 1. The largest absolute Gasteiger partial charge is 0.338 e. The molecule has 1 aliphatic heterocycles. The molecule has 1 aliphatic rings. The zero-order chi connectivity index (χ0) is 19.3. The molecule has 1 N–H and O–H groups in total. The maximum Gasteiger partial charge on any atom is 0.255 e. The van der Waals surface area contributed by atoms with Crippen LogP contribution in [-0.4, -0.2) is 55.6 Å². The summed E-state index contributed by atoms with van der Waals surface area (Å²) >= 11 is 0. The highest BCUT2D eigenvalue weighted by Gasteiger charge is 2.24. The molecule has 1 saturated heterocycles. The van der Waals surface area contributed by atoms with Crippen LogP contribution in [0.5, 0.6) is 0 Å². The van der Waals surface area contributed by atoms with E-state index < -0.39 is 15.7 Å². The Morgan fingerprint density at radius 1 is 1.19 bits per heavy atom. The maximum absolute atomic E-state index is 12.9. The Kier molecular flexibility index (Phi) is 6.18. The van der Waals surface area contributed by atoms with Gasteiger partial charge in [0.25, 0.3) is 5.91 Å². The molecule has 0 aliphatic carbocycles. The summed E-state index contributed by atoms with van der Waals surface area (Å²) < 4.78 is 37.5. The van der Waals surface area contributed by atoms with Gasteiger partial charge >= 0.3 is 0 Å². The molecule has 1 aromatic carbocycles. The first kappa shape index (κ1) is 19.4. The number of hydrogen-bond donors (Lipinski definition) is 1. The molecule has 6 nitrogen and oxygen atoms in total. The summed E-state index contributed by atoms with van der Waals surface area (Å²) in [6.45, 7) is 1.56. The number of hydrogen-bond acceptors (Lipinski definition) is 5. The fourth-order valence-electron chi connectivity index (χ4n) is 3.12. The average molecular weight is 391 g/mol. The van der Waals surface area contributed by atoms with Gasteiger partial charge in [-0.2, -0.15) is 0 Å². The van der Waals surface area contributed by atoms with Crippen molar-refractivity contribution >= 4 is 15.7 Å². The van der Waals surface area contributed by atoms with Crippen molar-refractivity contribution in [1.29, 1.82) is 0 Å². The number of pyridine rings is 1. The number of nitrogens with zero attached hydrogens (tertiary/aromatic N) is 2. The first-order valence-corrected chi connectivity index (χ1v) is 10.5. The van der Waals surface area contributed by atoms with Crippen LogP contribution < -0.4 is 5.32 Å². The molecule has 0 atom stereocenters. The maximum atomic E-state index is 12.9. The third-order valence-corrected chi connectivity index (χ3v) is 6.40. The van der Waals surface area contributed by atoms with E-state index in [2.05, 4.69) is 10.3 Å². The summed E-state index contributed by atoms with van der Waals surface area (Å²) in [6, 6.07) is 8.53. The highest BCUT2D eigenvalue weighted by molar-refractivity contribution is 7.91. The van der Waals surface area contributed by atoms with E-state index >= 15 is 0 Å². The molecule has 8 heteroatoms. The van der Waals surface area contributed by atoms with Gasteiger partial charge in [0, 0.05) is 38.1 Å². The molecule has 0 bridgehead atoms. The SMILES string of the molecule is O=C(c1cccnc1)N1CCC(NCCS(=O)(=O)c2ccc(F)cc2)CC1. The van der Waals surface area contributed by atoms with E-state index in [0.717, 1.165) is 25.0 Å². The number of piperidine rings is 1. The van der Waals surface area contributed by atoms with E-state index in [1.54, 1.807) is 29.4 Å². The number of carbonyl (C=O) groups excluding carboxylic acids is 1. The minimum absolute atomic E-state index is 0.0274. The fourth-order valence-corrected chi connectivity index (χ4v) is 4.29. The van der Waals surface area contributed by atoms with Crippen LogP contribution in [-0.2, 0) is 9.84 Å². The standard InChI is InChI=1S/C19H22FN3O3S/c20-16-3-5-18(6-4-16)27(25,26)13-10-22-17-7-11-23(12-8-17)19(24)15-2-1-9-21-14-15/h1-6,9,14,17,22H,7-8,10-13H2. The van der Waals surface area contributed by atoms with Crippen LogP contribution in [0.25, 0.3) is 0 Å². The Morgan fingerprint density at radius 2 is 1.89 bits per heavy atom. The Balaban J connectivity index is 1.44. The van der Waals surface area contributed by atoms with Crippen LogP contribution in [0.2, 0.25) is 0 Å². The lowest BCUT2D eigenvalue weighted by Gasteiger charge is -2.32. The number of amides is 1. The fraction of sp³-hybridized carbons (Fsp3) is 0.368. The highest BCUT2D eigenvalue weighted by Crippen LogP contribution is 2.15. The smallest absolute Gasteiger partial charge is 0.255 e. The van der Waals surface area contributed by atoms with E-state index in [0.29, 0.717) is 25.2 Å². The van der Waals surface area contributed by atoms with Gasteiger partial charge in [0.05, 0.1) is 16.2 Å². The summed E-state index contributed by atoms with van der Waals surface area (Å²) in [5.41, 5.74) is 0.578. The lowest BCUT2D eigenvalue weighted by molar-refractivity contribution is 0.0705. The summed E-state index contributed by atoms with van der Waals surface area (Å²) in [7, 11) is -3.44. The van der Waals surface area contributed by atoms with Gasteiger partial charge in [-0.25, -0.2) is 12.8 Å². The van der Waals surface area contributed by atoms with Crippen LogP contribution in [0.4, 0.5) is 4.39 Å². The number of likely N-dealkylation sites (tertiary alicyclic amines) is 1. The molecule has 0 spiro atoms. The van der Waals surface area contributed by atoms with Crippen LogP contribution in [0.3, 0.4) is 0 Å². The van der Waals surface area contributed by atoms with Gasteiger partial charge in [0.2, 0.25) is 0 Å². The van der Waals surface area contributed by atoms with Gasteiger partial charge in [-0.1, -0.05) is 0 Å². The number of rotatable bonds is 6. The zero-order valence-corrected chi connectivity index (χ0v) is 15.7. The van der Waals surface area contributed by atoms with Gasteiger partial charge in [0.1, 0.15) is 5.82 Å². The molecule has 3 rings (SSSR count). The third-order valence-electron chi connectivity index (χ3n) is 4.67. The van der Waals surface area contributed by atoms with Crippen molar-refractivity contribution in [1.82, 2.24) is 15.2 Å². The second-order valence-corrected chi connectivity index (χ2v) is 8.64. The number of sulfone groups is 1. The number of carbonyl (C=O) groups is 1. The Labute approximate surface area is 158 Å². The molecule has 0 unspecified atom stereocenters. The van der Waals surface area contributed by atoms with Crippen molar-refractivity contribution in [2.75, 3.05) is 25.4 Å². The van der Waals surface area contributed by atoms with E-state index in [4.69, 9.17) is 0 Å². The molecular weight excluding hydrogens is 369 g/mol. The minimum Gasteiger partial charge on any atom is -0.338 e. The Hall–Kier alpha value is -2.32. The second kappa shape index (κ2) is 8.58. The van der Waals surface area contributed by atoms with Crippen LogP contribution in [0.15, 0.2) is 53.7 Å². The van der Waals surface area contributed by atoms with E-state index in [1.807, 2.05) is 0 Å². The topological polar surface area (TPSA) is 79.4 Å². The summed E-state index contributed by atoms with van der Waals surface area (Å²) in [6.07, 6.45) is 4.73. The molecule has 0 radical (unpaired) electrons. The minimum atomic E-state index is -3.44. The zero-order valence-electron chi connectivity index (χ0n) is 14.8. The number of benzene rings is 1. The van der Waals surface area contributed by atoms with Crippen LogP contribution in [0, 0.1) is 5.82 Å². The normalized spacial score (nSPS) is 15.7. The van der Waals surface area contributed by atoms with Crippen molar-refractivity contribution in [3.63, 3.8) is 0 Å². The predicted molar refractivity (Wildman–Crippen MR) is 99.6 cm³/mol. The van der Waals surface area contributed by atoms with Crippen LogP contribution in [0.1, 0.15) is 23.2 Å². The molecular formula is C19H22FN3O3S. The lowest BCUT2D eigenvalue weighted by atomic mass is 10.0. The highest BCUT2D eigenvalue weighted by atomic mass is 32.2. The molecule has 144 valence electrons. The van der Waals surface area contributed by atoms with Crippen molar-refractivity contribution in [3.8, 4) is 0 Å². The van der Waals surface area contributed by atoms with Gasteiger partial charge in [0.15, 0.2) is 9.84 Å². The molecule has 0 saturated carbocycles. The summed E-state index contributed by atoms with van der Waals surface area (Å²) in [5.74, 6) is -0.534. The van der Waals surface area contributed by atoms with Gasteiger partial charge in [-0.3, -0.25) is 9.78 Å². The molecule has 1 aromatic heterocycles. The molecule has 2 heterocycles. The Morgan fingerprint density at radius 3 is 2.52 bits per heavy atom.